The first-order valence-corrected chi connectivity index (χ1v) is 10.5. The maximum atomic E-state index is 5.94. The van der Waals surface area contributed by atoms with Gasteiger partial charge in [0, 0.05) is 36.0 Å². The number of nitrogens with one attached hydrogen (secondary N) is 3. The SMILES string of the molecule is CSCCCNC(=S)NC1CC[NH+](Cc2ccc(Cl)cc2)CC1. The van der Waals surface area contributed by atoms with E-state index in [0.29, 0.717) is 6.04 Å². The monoisotopic (exact) mass is 372 g/mol. The lowest BCUT2D eigenvalue weighted by Gasteiger charge is -2.30. The molecule has 1 aromatic rings. The summed E-state index contributed by atoms with van der Waals surface area (Å²) >= 11 is 13.2. The van der Waals surface area contributed by atoms with Crippen LogP contribution in [0.5, 0.6) is 0 Å². The van der Waals surface area contributed by atoms with E-state index in [4.69, 9.17) is 23.8 Å². The van der Waals surface area contributed by atoms with Gasteiger partial charge in [0.05, 0.1) is 13.1 Å². The van der Waals surface area contributed by atoms with Crippen LogP contribution in [0.4, 0.5) is 0 Å². The van der Waals surface area contributed by atoms with Gasteiger partial charge in [-0.25, -0.2) is 0 Å². The number of benzene rings is 1. The molecule has 128 valence electrons. The van der Waals surface area contributed by atoms with Crippen LogP contribution in [0.25, 0.3) is 0 Å². The van der Waals surface area contributed by atoms with E-state index >= 15 is 0 Å². The zero-order chi connectivity index (χ0) is 16.5. The molecular weight excluding hydrogens is 346 g/mol. The highest BCUT2D eigenvalue weighted by Gasteiger charge is 2.22. The fraction of sp³-hybridized carbons (Fsp3) is 0.588. The third-order valence-electron chi connectivity index (χ3n) is 4.21. The summed E-state index contributed by atoms with van der Waals surface area (Å²) < 4.78 is 0. The number of rotatable bonds is 7. The zero-order valence-corrected chi connectivity index (χ0v) is 16.1. The van der Waals surface area contributed by atoms with Crippen LogP contribution in [0.15, 0.2) is 24.3 Å². The summed E-state index contributed by atoms with van der Waals surface area (Å²) in [5, 5.41) is 8.41. The molecule has 0 radical (unpaired) electrons. The second-order valence-electron chi connectivity index (χ2n) is 6.07. The van der Waals surface area contributed by atoms with Crippen molar-refractivity contribution in [3.63, 3.8) is 0 Å². The summed E-state index contributed by atoms with van der Waals surface area (Å²) in [4.78, 5) is 1.64. The number of thioether (sulfide) groups is 1. The van der Waals surface area contributed by atoms with Crippen molar-refractivity contribution in [3.8, 4) is 0 Å². The number of piperidine rings is 1. The molecule has 0 amide bonds. The van der Waals surface area contributed by atoms with Crippen LogP contribution in [0.1, 0.15) is 24.8 Å². The van der Waals surface area contributed by atoms with Crippen molar-refractivity contribution in [3.05, 3.63) is 34.9 Å². The predicted octanol–water partition coefficient (Wildman–Crippen LogP) is 2.10. The molecule has 0 bridgehead atoms. The van der Waals surface area contributed by atoms with Gasteiger partial charge < -0.3 is 15.5 Å². The average molecular weight is 373 g/mol. The van der Waals surface area contributed by atoms with Gasteiger partial charge in [0.25, 0.3) is 0 Å². The van der Waals surface area contributed by atoms with Crippen molar-refractivity contribution in [1.82, 2.24) is 10.6 Å². The second kappa shape index (κ2) is 10.4. The average Bonchev–Trinajstić information content (AvgIpc) is 2.56. The van der Waals surface area contributed by atoms with E-state index in [1.54, 1.807) is 4.90 Å². The molecule has 2 rings (SSSR count). The maximum absolute atomic E-state index is 5.94. The van der Waals surface area contributed by atoms with Crippen LogP contribution in [0.3, 0.4) is 0 Å². The van der Waals surface area contributed by atoms with Crippen LogP contribution in [0.2, 0.25) is 5.02 Å². The Labute approximate surface area is 154 Å². The van der Waals surface area contributed by atoms with Crippen molar-refractivity contribution in [2.75, 3.05) is 31.6 Å². The standard InChI is InChI=1S/C17H26ClN3S2/c1-23-12-2-9-19-17(22)20-16-7-10-21(11-8-16)13-14-3-5-15(18)6-4-14/h3-6,16H,2,7-13H2,1H3,(H2,19,20,22)/p+1. The van der Waals surface area contributed by atoms with Crippen LogP contribution < -0.4 is 15.5 Å². The molecular formula is C17H27ClN3S2+. The summed E-state index contributed by atoms with van der Waals surface area (Å²) in [7, 11) is 0. The van der Waals surface area contributed by atoms with Gasteiger partial charge in [0.2, 0.25) is 0 Å². The van der Waals surface area contributed by atoms with Crippen molar-refractivity contribution in [2.24, 2.45) is 0 Å². The van der Waals surface area contributed by atoms with Gasteiger partial charge in [0.1, 0.15) is 6.54 Å². The molecule has 0 unspecified atom stereocenters. The number of quaternary nitrogens is 1. The van der Waals surface area contributed by atoms with Crippen LogP contribution in [-0.2, 0) is 6.54 Å². The van der Waals surface area contributed by atoms with E-state index in [0.717, 1.165) is 29.6 Å². The molecule has 1 aliphatic rings. The van der Waals surface area contributed by atoms with Gasteiger partial charge in [-0.1, -0.05) is 23.7 Å². The highest BCUT2D eigenvalue weighted by molar-refractivity contribution is 7.98. The van der Waals surface area contributed by atoms with Gasteiger partial charge in [-0.15, -0.1) is 0 Å². The molecule has 0 spiro atoms. The molecule has 3 nitrogen and oxygen atoms in total. The predicted molar refractivity (Wildman–Crippen MR) is 106 cm³/mol. The topological polar surface area (TPSA) is 28.5 Å². The van der Waals surface area contributed by atoms with Crippen molar-refractivity contribution >= 4 is 40.7 Å². The van der Waals surface area contributed by atoms with Crippen molar-refractivity contribution in [1.29, 1.82) is 0 Å². The van der Waals surface area contributed by atoms with Gasteiger partial charge in [-0.3, -0.25) is 0 Å². The van der Waals surface area contributed by atoms with E-state index in [9.17, 15) is 0 Å². The highest BCUT2D eigenvalue weighted by Crippen LogP contribution is 2.09. The molecule has 1 aromatic carbocycles. The third kappa shape index (κ3) is 7.29. The van der Waals surface area contributed by atoms with Gasteiger partial charge in [0.15, 0.2) is 5.11 Å². The molecule has 1 fully saturated rings. The number of hydrogen-bond acceptors (Lipinski definition) is 2. The Balaban J connectivity index is 1.63. The normalized spacial score (nSPS) is 21.0. The molecule has 0 aromatic heterocycles. The minimum Gasteiger partial charge on any atom is -0.363 e. The maximum Gasteiger partial charge on any atom is 0.166 e. The number of halogens is 1. The molecule has 0 saturated carbocycles. The fourth-order valence-electron chi connectivity index (χ4n) is 2.89. The molecule has 6 heteroatoms. The smallest absolute Gasteiger partial charge is 0.166 e. The first-order chi connectivity index (χ1) is 11.2. The number of likely N-dealkylation sites (tertiary alicyclic amines) is 1. The van der Waals surface area contributed by atoms with Gasteiger partial charge >= 0.3 is 0 Å². The summed E-state index contributed by atoms with van der Waals surface area (Å²) in [6.45, 7) is 4.43. The van der Waals surface area contributed by atoms with E-state index in [-0.39, 0.29) is 0 Å². The van der Waals surface area contributed by atoms with E-state index in [2.05, 4.69) is 29.0 Å². The fourth-order valence-corrected chi connectivity index (χ4v) is 3.72. The lowest BCUT2D eigenvalue weighted by molar-refractivity contribution is -0.918. The zero-order valence-electron chi connectivity index (χ0n) is 13.7. The van der Waals surface area contributed by atoms with Crippen LogP contribution in [0, 0.1) is 0 Å². The van der Waals surface area contributed by atoms with Crippen molar-refractivity contribution < 1.29 is 4.90 Å². The van der Waals surface area contributed by atoms with E-state index < -0.39 is 0 Å². The summed E-state index contributed by atoms with van der Waals surface area (Å²) in [5.74, 6) is 1.18. The summed E-state index contributed by atoms with van der Waals surface area (Å²) in [6.07, 6.45) is 5.65. The minimum atomic E-state index is 0.518. The molecule has 3 N–H and O–H groups in total. The minimum absolute atomic E-state index is 0.518. The Kier molecular flexibility index (Phi) is 8.51. The largest absolute Gasteiger partial charge is 0.363 e. The molecule has 0 atom stereocenters. The molecule has 23 heavy (non-hydrogen) atoms. The Morgan fingerprint density at radius 3 is 2.65 bits per heavy atom. The van der Waals surface area contributed by atoms with Crippen LogP contribution in [-0.4, -0.2) is 42.8 Å². The summed E-state index contributed by atoms with van der Waals surface area (Å²) in [6, 6.07) is 8.74. The quantitative estimate of drug-likeness (QED) is 0.505. The lowest BCUT2D eigenvalue weighted by atomic mass is 10.0. The number of hydrogen-bond donors (Lipinski definition) is 3. The first-order valence-electron chi connectivity index (χ1n) is 8.28. The van der Waals surface area contributed by atoms with Gasteiger partial charge in [-0.2, -0.15) is 11.8 Å². The number of thiocarbonyl (C=S) groups is 1. The molecule has 1 aliphatic heterocycles. The Morgan fingerprint density at radius 2 is 2.00 bits per heavy atom. The lowest BCUT2D eigenvalue weighted by Crippen LogP contribution is -3.12. The summed E-state index contributed by atoms with van der Waals surface area (Å²) in [5.41, 5.74) is 1.36. The third-order valence-corrected chi connectivity index (χ3v) is 5.42. The Bertz CT molecular complexity index is 473. The van der Waals surface area contributed by atoms with E-state index in [1.807, 2.05) is 23.9 Å². The first kappa shape index (κ1) is 18.8. The van der Waals surface area contributed by atoms with E-state index in [1.165, 1.54) is 37.2 Å². The molecule has 1 heterocycles. The van der Waals surface area contributed by atoms with Gasteiger partial charge in [-0.05, 0) is 42.8 Å². The molecule has 1 saturated heterocycles. The Morgan fingerprint density at radius 1 is 1.30 bits per heavy atom. The Hall–Kier alpha value is -0.490. The van der Waals surface area contributed by atoms with Crippen LogP contribution >= 0.6 is 35.6 Å². The second-order valence-corrected chi connectivity index (χ2v) is 7.90. The van der Waals surface area contributed by atoms with Crippen molar-refractivity contribution in [2.45, 2.75) is 31.8 Å². The highest BCUT2D eigenvalue weighted by atomic mass is 35.5. The molecule has 0 aliphatic carbocycles.